The molecule has 4 aromatic carbocycles. The Morgan fingerprint density at radius 2 is 1.61 bits per heavy atom. The number of pyridine rings is 1. The molecule has 0 radical (unpaired) electrons. The Kier molecular flexibility index (Phi) is 14.8. The van der Waals surface area contributed by atoms with Gasteiger partial charge in [0, 0.05) is 59.3 Å². The third-order valence-corrected chi connectivity index (χ3v) is 9.87. The first-order chi connectivity index (χ1) is 26.3. The molecule has 3 N–H and O–H groups in total. The second kappa shape index (κ2) is 19.9. The van der Waals surface area contributed by atoms with Gasteiger partial charge in [0.2, 0.25) is 0 Å². The second-order valence-electron chi connectivity index (χ2n) is 13.2. The number of aliphatic hydroxyl groups excluding tert-OH is 1. The first-order valence-corrected chi connectivity index (χ1v) is 18.7. The SMILES string of the molecule is CCCNCc1ccc(/C(F)=C/c2cccc(-c3cccc(CCc4cc(OCc5cncc(C#N)c5)c(CNCCO)cc4Cl)c3C)c2C)cc1OC. The van der Waals surface area contributed by atoms with Crippen molar-refractivity contribution in [3.8, 4) is 28.7 Å². The number of aromatic nitrogens is 1. The van der Waals surface area contributed by atoms with E-state index in [1.165, 1.54) is 11.8 Å². The number of nitriles is 1. The van der Waals surface area contributed by atoms with Gasteiger partial charge in [-0.05, 0) is 109 Å². The molecule has 280 valence electrons. The highest BCUT2D eigenvalue weighted by molar-refractivity contribution is 6.31. The van der Waals surface area contributed by atoms with Gasteiger partial charge in [-0.25, -0.2) is 4.39 Å². The number of hydrogen-bond acceptors (Lipinski definition) is 7. The summed E-state index contributed by atoms with van der Waals surface area (Å²) in [5.74, 6) is 1.02. The molecule has 0 fully saturated rings. The number of benzene rings is 4. The van der Waals surface area contributed by atoms with E-state index >= 15 is 4.39 Å². The van der Waals surface area contributed by atoms with E-state index in [1.807, 2.05) is 37.3 Å². The summed E-state index contributed by atoms with van der Waals surface area (Å²) in [6, 6.07) is 25.6. The molecule has 0 saturated heterocycles. The van der Waals surface area contributed by atoms with Crippen LogP contribution in [-0.2, 0) is 32.5 Å². The van der Waals surface area contributed by atoms with Crippen molar-refractivity contribution in [2.24, 2.45) is 0 Å². The molecule has 0 unspecified atom stereocenters. The van der Waals surface area contributed by atoms with Crippen LogP contribution in [0.15, 0.2) is 85.2 Å². The topological polar surface area (TPSA) is 99.4 Å². The predicted molar refractivity (Wildman–Crippen MR) is 216 cm³/mol. The molecule has 0 spiro atoms. The maximum absolute atomic E-state index is 15.8. The van der Waals surface area contributed by atoms with E-state index in [0.717, 1.165) is 69.5 Å². The largest absolute Gasteiger partial charge is 0.496 e. The minimum Gasteiger partial charge on any atom is -0.496 e. The van der Waals surface area contributed by atoms with Gasteiger partial charge in [-0.1, -0.05) is 67.1 Å². The number of nitrogens with one attached hydrogen (secondary N) is 2. The molecule has 0 bridgehead atoms. The number of ether oxygens (including phenoxy) is 2. The molecule has 7 nitrogen and oxygen atoms in total. The first-order valence-electron chi connectivity index (χ1n) is 18.3. The Morgan fingerprint density at radius 1 is 0.870 bits per heavy atom. The van der Waals surface area contributed by atoms with Crippen LogP contribution in [0.3, 0.4) is 0 Å². The van der Waals surface area contributed by atoms with Crippen molar-refractivity contribution < 1.29 is 19.0 Å². The molecule has 0 saturated carbocycles. The number of halogens is 2. The van der Waals surface area contributed by atoms with Crippen molar-refractivity contribution in [2.45, 2.75) is 59.7 Å². The van der Waals surface area contributed by atoms with Crippen LogP contribution < -0.4 is 20.1 Å². The van der Waals surface area contributed by atoms with Crippen LogP contribution in [0, 0.1) is 25.2 Å². The lowest BCUT2D eigenvalue weighted by Gasteiger charge is -2.17. The van der Waals surface area contributed by atoms with Gasteiger partial charge in [-0.2, -0.15) is 5.26 Å². The van der Waals surface area contributed by atoms with Gasteiger partial charge in [0.25, 0.3) is 0 Å². The van der Waals surface area contributed by atoms with Crippen LogP contribution >= 0.6 is 11.6 Å². The fraction of sp³-hybridized carbons (Fsp3) is 0.289. The second-order valence-corrected chi connectivity index (χ2v) is 13.6. The van der Waals surface area contributed by atoms with Crippen molar-refractivity contribution in [1.82, 2.24) is 15.6 Å². The zero-order chi connectivity index (χ0) is 38.5. The van der Waals surface area contributed by atoms with Crippen LogP contribution in [-0.4, -0.2) is 36.9 Å². The molecule has 5 aromatic rings. The van der Waals surface area contributed by atoms with Gasteiger partial charge in [0.15, 0.2) is 0 Å². The molecular formula is C45H48ClFN4O3. The normalized spacial score (nSPS) is 11.4. The summed E-state index contributed by atoms with van der Waals surface area (Å²) in [6.45, 7) is 9.04. The minimum absolute atomic E-state index is 0.0199. The Balaban J connectivity index is 1.36. The summed E-state index contributed by atoms with van der Waals surface area (Å²) >= 11 is 6.85. The lowest BCUT2D eigenvalue weighted by atomic mass is 9.89. The summed E-state index contributed by atoms with van der Waals surface area (Å²) < 4.78 is 27.6. The Bertz CT molecular complexity index is 2130. The van der Waals surface area contributed by atoms with Gasteiger partial charge >= 0.3 is 0 Å². The molecule has 0 aliphatic heterocycles. The van der Waals surface area contributed by atoms with Crippen molar-refractivity contribution in [1.29, 1.82) is 5.26 Å². The maximum atomic E-state index is 15.8. The average molecular weight is 747 g/mol. The van der Waals surface area contributed by atoms with E-state index in [4.69, 9.17) is 21.1 Å². The van der Waals surface area contributed by atoms with Crippen molar-refractivity contribution >= 4 is 23.5 Å². The molecule has 0 atom stereocenters. The Hall–Kier alpha value is -5.04. The smallest absolute Gasteiger partial charge is 0.131 e. The molecule has 0 amide bonds. The number of nitrogens with zero attached hydrogens (tertiary/aromatic N) is 2. The van der Waals surface area contributed by atoms with E-state index < -0.39 is 0 Å². The lowest BCUT2D eigenvalue weighted by Crippen LogP contribution is -2.18. The van der Waals surface area contributed by atoms with E-state index in [0.29, 0.717) is 53.7 Å². The van der Waals surface area contributed by atoms with Crippen LogP contribution in [0.1, 0.15) is 69.0 Å². The van der Waals surface area contributed by atoms with Crippen LogP contribution in [0.5, 0.6) is 11.5 Å². The van der Waals surface area contributed by atoms with Crippen LogP contribution in [0.4, 0.5) is 4.39 Å². The van der Waals surface area contributed by atoms with E-state index in [2.05, 4.69) is 59.8 Å². The highest BCUT2D eigenvalue weighted by Crippen LogP contribution is 2.34. The molecule has 5 rings (SSSR count). The number of methoxy groups -OCH3 is 1. The van der Waals surface area contributed by atoms with E-state index in [-0.39, 0.29) is 19.0 Å². The van der Waals surface area contributed by atoms with E-state index in [1.54, 1.807) is 37.6 Å². The summed E-state index contributed by atoms with van der Waals surface area (Å²) in [4.78, 5) is 4.15. The van der Waals surface area contributed by atoms with Crippen molar-refractivity contribution in [3.05, 3.63) is 146 Å². The standard InChI is InChI=1S/C45H48ClFN4O3/c1-5-16-49-27-38-15-14-37(23-44(38)53-4)43(47)21-35-9-7-11-41(31(35)3)40-10-6-8-34(30(40)2)12-13-36-22-45(39(20-42(36)46)28-50-17-18-52)54-29-33-19-32(24-48)25-51-26-33/h6-11,14-15,19-23,25-26,49-50,52H,5,12-13,16-18,27-29H2,1-4H3/b43-21-. The van der Waals surface area contributed by atoms with Gasteiger partial charge in [0.1, 0.15) is 30.0 Å². The molecule has 1 aromatic heterocycles. The van der Waals surface area contributed by atoms with Crippen molar-refractivity contribution in [3.63, 3.8) is 0 Å². The van der Waals surface area contributed by atoms with Gasteiger partial charge in [-0.15, -0.1) is 0 Å². The highest BCUT2D eigenvalue weighted by atomic mass is 35.5. The molecular weight excluding hydrogens is 699 g/mol. The first kappa shape index (κ1) is 40.2. The molecule has 1 heterocycles. The monoisotopic (exact) mass is 746 g/mol. The van der Waals surface area contributed by atoms with Gasteiger partial charge in [-0.3, -0.25) is 4.98 Å². The van der Waals surface area contributed by atoms with Crippen LogP contribution in [0.2, 0.25) is 5.02 Å². The van der Waals surface area contributed by atoms with Gasteiger partial charge < -0.3 is 25.2 Å². The van der Waals surface area contributed by atoms with E-state index in [9.17, 15) is 10.4 Å². The third kappa shape index (κ3) is 10.3. The highest BCUT2D eigenvalue weighted by Gasteiger charge is 2.15. The number of hydrogen-bond donors (Lipinski definition) is 3. The van der Waals surface area contributed by atoms with Crippen molar-refractivity contribution in [2.75, 3.05) is 26.8 Å². The Labute approximate surface area is 323 Å². The van der Waals surface area contributed by atoms with Gasteiger partial charge in [0.05, 0.1) is 19.3 Å². The molecule has 0 aliphatic rings. The molecule has 9 heteroatoms. The minimum atomic E-state index is -0.324. The predicted octanol–water partition coefficient (Wildman–Crippen LogP) is 9.31. The maximum Gasteiger partial charge on any atom is 0.131 e. The summed E-state index contributed by atoms with van der Waals surface area (Å²) in [5.41, 5.74) is 10.8. The number of aliphatic hydroxyl groups is 1. The third-order valence-electron chi connectivity index (χ3n) is 9.51. The molecule has 54 heavy (non-hydrogen) atoms. The summed E-state index contributed by atoms with van der Waals surface area (Å²) in [5, 5.41) is 25.8. The fourth-order valence-electron chi connectivity index (χ4n) is 6.47. The Morgan fingerprint density at radius 3 is 2.37 bits per heavy atom. The zero-order valence-electron chi connectivity index (χ0n) is 31.4. The summed E-state index contributed by atoms with van der Waals surface area (Å²) in [7, 11) is 1.61. The average Bonchev–Trinajstić information content (AvgIpc) is 3.18. The molecule has 0 aliphatic carbocycles. The zero-order valence-corrected chi connectivity index (χ0v) is 32.2. The number of rotatable bonds is 18. The van der Waals surface area contributed by atoms with Crippen LogP contribution in [0.25, 0.3) is 23.0 Å². The summed E-state index contributed by atoms with van der Waals surface area (Å²) in [6.07, 6.45) is 7.26. The quantitative estimate of drug-likeness (QED) is 0.0607. The number of aryl methyl sites for hydroxylation is 2. The lowest BCUT2D eigenvalue weighted by molar-refractivity contribution is 0.287. The fourth-order valence-corrected chi connectivity index (χ4v) is 6.75.